The van der Waals surface area contributed by atoms with E-state index in [4.69, 9.17) is 11.4 Å². The molecule has 1 aromatic heterocycles. The zero-order valence-electron chi connectivity index (χ0n) is 19.3. The summed E-state index contributed by atoms with van der Waals surface area (Å²) in [6.45, 7) is 5.18. The van der Waals surface area contributed by atoms with Crippen molar-refractivity contribution in [2.75, 3.05) is 24.5 Å². The number of hydrogen-bond acceptors (Lipinski definition) is 5. The molecule has 2 heterocycles. The first kappa shape index (κ1) is 24.1. The number of benzene rings is 2. The molecule has 1 aliphatic rings. The van der Waals surface area contributed by atoms with Crippen LogP contribution in [0.2, 0.25) is 0 Å². The number of sulfonamides is 1. The third-order valence-corrected chi connectivity index (χ3v) is 8.72. The molecule has 4 rings (SSSR count). The first-order valence-corrected chi connectivity index (χ1v) is 13.5. The molecule has 8 heteroatoms. The maximum atomic E-state index is 13.3. The predicted molar refractivity (Wildman–Crippen MR) is 137 cm³/mol. The Bertz CT molecular complexity index is 1330. The minimum Gasteiger partial charge on any atom is -0.272 e. The van der Waals surface area contributed by atoms with Crippen LogP contribution < -0.4 is 4.90 Å². The van der Waals surface area contributed by atoms with Gasteiger partial charge < -0.3 is 0 Å². The van der Waals surface area contributed by atoms with Crippen molar-refractivity contribution in [3.8, 4) is 23.6 Å². The van der Waals surface area contributed by atoms with Gasteiger partial charge in [0.25, 0.3) is 5.91 Å². The van der Waals surface area contributed by atoms with E-state index in [9.17, 15) is 13.2 Å². The van der Waals surface area contributed by atoms with E-state index in [2.05, 4.69) is 18.1 Å². The molecular formula is C26H27N3O3S2. The number of piperidine rings is 1. The van der Waals surface area contributed by atoms with Crippen LogP contribution >= 0.6 is 11.3 Å². The molecule has 34 heavy (non-hydrogen) atoms. The molecule has 176 valence electrons. The van der Waals surface area contributed by atoms with Crippen molar-refractivity contribution in [3.63, 3.8) is 0 Å². The molecule has 0 spiro atoms. The van der Waals surface area contributed by atoms with Crippen LogP contribution in [0, 0.1) is 26.2 Å². The van der Waals surface area contributed by atoms with Crippen molar-refractivity contribution < 1.29 is 13.2 Å². The number of rotatable bonds is 6. The highest BCUT2D eigenvalue weighted by Crippen LogP contribution is 2.31. The van der Waals surface area contributed by atoms with Gasteiger partial charge in [0.1, 0.15) is 0 Å². The fraction of sp³-hybridized carbons (Fsp3) is 0.308. The zero-order valence-corrected chi connectivity index (χ0v) is 21.0. The fourth-order valence-electron chi connectivity index (χ4n) is 4.02. The highest BCUT2D eigenvalue weighted by atomic mass is 32.2. The van der Waals surface area contributed by atoms with Crippen molar-refractivity contribution in [3.05, 3.63) is 64.5 Å². The molecule has 0 N–H and O–H groups in total. The molecule has 1 aliphatic heterocycles. The maximum absolute atomic E-state index is 13.3. The Kier molecular flexibility index (Phi) is 7.17. The standard InChI is InChI=1S/C26H27N3O3S2/c1-4-14-29(26-27-24(18-33-26)23-17-19(2)8-9-20(23)3)25(30)21-10-12-22(13-11-21)34(31,32)28-15-6-5-7-16-28/h1,8-13,17-18H,5-7,14-16H2,2-3H3. The van der Waals surface area contributed by atoms with Crippen LogP contribution in [0.3, 0.4) is 0 Å². The van der Waals surface area contributed by atoms with Crippen LogP contribution in [0.4, 0.5) is 5.13 Å². The maximum Gasteiger partial charge on any atom is 0.260 e. The average molecular weight is 494 g/mol. The van der Waals surface area contributed by atoms with Crippen LogP contribution in [0.15, 0.2) is 52.7 Å². The summed E-state index contributed by atoms with van der Waals surface area (Å²) in [6.07, 6.45) is 8.34. The van der Waals surface area contributed by atoms with Crippen molar-refractivity contribution in [1.29, 1.82) is 0 Å². The van der Waals surface area contributed by atoms with Crippen molar-refractivity contribution >= 4 is 32.4 Å². The fourth-order valence-corrected chi connectivity index (χ4v) is 6.36. The molecule has 0 atom stereocenters. The molecule has 1 saturated heterocycles. The molecular weight excluding hydrogens is 466 g/mol. The highest BCUT2D eigenvalue weighted by Gasteiger charge is 2.27. The lowest BCUT2D eigenvalue weighted by molar-refractivity contribution is 0.0990. The zero-order chi connectivity index (χ0) is 24.3. The molecule has 0 unspecified atom stereocenters. The summed E-state index contributed by atoms with van der Waals surface area (Å²) in [5, 5.41) is 2.42. The molecule has 2 aromatic carbocycles. The number of hydrogen-bond donors (Lipinski definition) is 0. The lowest BCUT2D eigenvalue weighted by Gasteiger charge is -2.26. The highest BCUT2D eigenvalue weighted by molar-refractivity contribution is 7.89. The normalized spacial score (nSPS) is 14.5. The van der Waals surface area contributed by atoms with Gasteiger partial charge in [-0.1, -0.05) is 30.0 Å². The molecule has 0 radical (unpaired) electrons. The molecule has 0 bridgehead atoms. The number of anilines is 1. The van der Waals surface area contributed by atoms with E-state index in [0.29, 0.717) is 23.8 Å². The van der Waals surface area contributed by atoms with Gasteiger partial charge in [-0.3, -0.25) is 9.69 Å². The third kappa shape index (κ3) is 4.92. The molecule has 1 amide bonds. The van der Waals surface area contributed by atoms with Crippen molar-refractivity contribution in [2.24, 2.45) is 0 Å². The molecule has 6 nitrogen and oxygen atoms in total. The van der Waals surface area contributed by atoms with Crippen molar-refractivity contribution in [1.82, 2.24) is 9.29 Å². The molecule has 3 aromatic rings. The topological polar surface area (TPSA) is 70.6 Å². The van der Waals surface area contributed by atoms with Crippen LogP contribution in [0.1, 0.15) is 40.7 Å². The quantitative estimate of drug-likeness (QED) is 0.459. The summed E-state index contributed by atoms with van der Waals surface area (Å²) in [4.78, 5) is 19.6. The Hall–Kier alpha value is -2.99. The SMILES string of the molecule is C#CCN(C(=O)c1ccc(S(=O)(=O)N2CCCCC2)cc1)c1nc(-c2cc(C)ccc2C)cs1. The van der Waals surface area contributed by atoms with E-state index in [0.717, 1.165) is 41.6 Å². The predicted octanol–water partition coefficient (Wildman–Crippen LogP) is 4.88. The lowest BCUT2D eigenvalue weighted by atomic mass is 10.0. The number of carbonyl (C=O) groups excluding carboxylic acids is 1. The smallest absolute Gasteiger partial charge is 0.260 e. The van der Waals surface area contributed by atoms with Gasteiger partial charge in [-0.2, -0.15) is 4.31 Å². The largest absolute Gasteiger partial charge is 0.272 e. The molecule has 0 saturated carbocycles. The average Bonchev–Trinajstić information content (AvgIpc) is 3.34. The van der Waals surface area contributed by atoms with Crippen LogP contribution in [0.25, 0.3) is 11.3 Å². The third-order valence-electron chi connectivity index (χ3n) is 5.94. The summed E-state index contributed by atoms with van der Waals surface area (Å²) >= 11 is 1.35. The Morgan fingerprint density at radius 3 is 2.50 bits per heavy atom. The Labute approximate surface area is 205 Å². The second-order valence-electron chi connectivity index (χ2n) is 8.42. The summed E-state index contributed by atoms with van der Waals surface area (Å²) < 4.78 is 27.3. The van der Waals surface area contributed by atoms with E-state index in [1.54, 1.807) is 12.1 Å². The van der Waals surface area contributed by atoms with Crippen molar-refractivity contribution in [2.45, 2.75) is 38.0 Å². The minimum atomic E-state index is -3.56. The van der Waals surface area contributed by atoms with Crippen LogP contribution in [-0.2, 0) is 10.0 Å². The Balaban J connectivity index is 1.59. The second kappa shape index (κ2) is 10.1. The van der Waals surface area contributed by atoms with Gasteiger partial charge in [0.2, 0.25) is 10.0 Å². The van der Waals surface area contributed by atoms with Gasteiger partial charge in [0, 0.05) is 29.6 Å². The number of nitrogens with zero attached hydrogens (tertiary/aromatic N) is 3. The number of aromatic nitrogens is 1. The summed E-state index contributed by atoms with van der Waals surface area (Å²) in [5.74, 6) is 2.22. The van der Waals surface area contributed by atoms with E-state index in [1.807, 2.05) is 25.3 Å². The summed E-state index contributed by atoms with van der Waals surface area (Å²) in [6, 6.07) is 12.2. The number of aryl methyl sites for hydroxylation is 2. The number of thiazole rings is 1. The van der Waals surface area contributed by atoms with Crippen LogP contribution in [-0.4, -0.2) is 43.2 Å². The number of terminal acetylenes is 1. The van der Waals surface area contributed by atoms with Gasteiger partial charge in [0.05, 0.1) is 17.1 Å². The summed E-state index contributed by atoms with van der Waals surface area (Å²) in [5.41, 5.74) is 4.40. The molecule has 0 aliphatic carbocycles. The van der Waals surface area contributed by atoms with Crippen LogP contribution in [0.5, 0.6) is 0 Å². The van der Waals surface area contributed by atoms with Gasteiger partial charge in [0.15, 0.2) is 5.13 Å². The van der Waals surface area contributed by atoms with E-state index < -0.39 is 10.0 Å². The number of amides is 1. The van der Waals surface area contributed by atoms with E-state index in [-0.39, 0.29) is 17.3 Å². The Morgan fingerprint density at radius 1 is 1.12 bits per heavy atom. The number of carbonyl (C=O) groups is 1. The lowest BCUT2D eigenvalue weighted by Crippen LogP contribution is -2.35. The first-order chi connectivity index (χ1) is 16.3. The van der Waals surface area contributed by atoms with Gasteiger partial charge in [-0.05, 0) is 62.6 Å². The monoisotopic (exact) mass is 493 g/mol. The van der Waals surface area contributed by atoms with Gasteiger partial charge in [-0.25, -0.2) is 13.4 Å². The van der Waals surface area contributed by atoms with E-state index >= 15 is 0 Å². The summed E-state index contributed by atoms with van der Waals surface area (Å²) in [7, 11) is -3.56. The van der Waals surface area contributed by atoms with Gasteiger partial charge in [-0.15, -0.1) is 17.8 Å². The second-order valence-corrected chi connectivity index (χ2v) is 11.2. The van der Waals surface area contributed by atoms with Gasteiger partial charge >= 0.3 is 0 Å². The molecule has 1 fully saturated rings. The first-order valence-electron chi connectivity index (χ1n) is 11.2. The Morgan fingerprint density at radius 2 is 1.82 bits per heavy atom. The van der Waals surface area contributed by atoms with E-state index in [1.165, 1.54) is 32.7 Å². The minimum absolute atomic E-state index is 0.0619.